The molecule has 0 saturated carbocycles. The first kappa shape index (κ1) is 27.1. The third-order valence-corrected chi connectivity index (χ3v) is 9.16. The quantitative estimate of drug-likeness (QED) is 0.184. The number of hydrogen-bond acceptors (Lipinski definition) is 4. The first-order chi connectivity index (χ1) is 23.2. The van der Waals surface area contributed by atoms with E-state index in [1.54, 1.807) is 0 Å². The van der Waals surface area contributed by atoms with Crippen molar-refractivity contribution in [3.8, 4) is 56.4 Å². The van der Waals surface area contributed by atoms with Gasteiger partial charge in [-0.3, -0.25) is 4.98 Å². The number of aryl methyl sites for hydroxylation is 1. The van der Waals surface area contributed by atoms with Crippen LogP contribution in [-0.2, 0) is 0 Å². The van der Waals surface area contributed by atoms with Gasteiger partial charge in [-0.2, -0.15) is 0 Å². The van der Waals surface area contributed by atoms with E-state index in [9.17, 15) is 0 Å². The maximum atomic E-state index is 5.01. The first-order valence-electron chi connectivity index (χ1n) is 15.8. The van der Waals surface area contributed by atoms with Crippen molar-refractivity contribution in [1.29, 1.82) is 0 Å². The maximum Gasteiger partial charge on any atom is 0.164 e. The van der Waals surface area contributed by atoms with E-state index in [1.165, 1.54) is 37.9 Å². The van der Waals surface area contributed by atoms with Crippen molar-refractivity contribution >= 4 is 32.3 Å². The SMILES string of the molecule is Cc1ccccc1-c1nc(-c2ccc(-c3ccncc3)cc2)nc(-c2ccc(-c3ccc4ccc5cccc6ccc3c4c56)cc2)n1. The molecule has 0 fully saturated rings. The summed E-state index contributed by atoms with van der Waals surface area (Å²) >= 11 is 0. The fraction of sp³-hybridized carbons (Fsp3) is 0.0233. The van der Waals surface area contributed by atoms with E-state index in [-0.39, 0.29) is 0 Å². The van der Waals surface area contributed by atoms with Gasteiger partial charge < -0.3 is 0 Å². The summed E-state index contributed by atoms with van der Waals surface area (Å²) < 4.78 is 0. The van der Waals surface area contributed by atoms with Gasteiger partial charge in [0, 0.05) is 29.1 Å². The van der Waals surface area contributed by atoms with Crippen molar-refractivity contribution in [3.63, 3.8) is 0 Å². The second-order valence-corrected chi connectivity index (χ2v) is 12.0. The van der Waals surface area contributed by atoms with Crippen LogP contribution in [0.15, 0.2) is 152 Å². The molecule has 7 aromatic carbocycles. The lowest BCUT2D eigenvalue weighted by molar-refractivity contribution is 1.07. The van der Waals surface area contributed by atoms with E-state index in [0.717, 1.165) is 38.9 Å². The molecule has 0 saturated heterocycles. The van der Waals surface area contributed by atoms with Crippen LogP contribution >= 0.6 is 0 Å². The van der Waals surface area contributed by atoms with Gasteiger partial charge in [0.15, 0.2) is 17.5 Å². The molecule has 0 bridgehead atoms. The van der Waals surface area contributed by atoms with Crippen LogP contribution in [0.3, 0.4) is 0 Å². The average Bonchev–Trinajstić information content (AvgIpc) is 3.14. The van der Waals surface area contributed by atoms with E-state index < -0.39 is 0 Å². The van der Waals surface area contributed by atoms with Gasteiger partial charge in [-0.15, -0.1) is 0 Å². The smallest absolute Gasteiger partial charge is 0.164 e. The number of benzene rings is 7. The third-order valence-electron chi connectivity index (χ3n) is 9.16. The minimum Gasteiger partial charge on any atom is -0.265 e. The largest absolute Gasteiger partial charge is 0.265 e. The zero-order valence-electron chi connectivity index (χ0n) is 25.7. The zero-order valence-corrected chi connectivity index (χ0v) is 25.7. The second kappa shape index (κ2) is 11.0. The highest BCUT2D eigenvalue weighted by molar-refractivity contribution is 6.25. The summed E-state index contributed by atoms with van der Waals surface area (Å²) in [6, 6.07) is 49.2. The van der Waals surface area contributed by atoms with Crippen molar-refractivity contribution in [1.82, 2.24) is 19.9 Å². The monoisotopic (exact) mass is 600 g/mol. The Morgan fingerprint density at radius 2 is 0.894 bits per heavy atom. The number of nitrogens with zero attached hydrogens (tertiary/aromatic N) is 4. The Bertz CT molecular complexity index is 2540. The molecule has 0 radical (unpaired) electrons. The fourth-order valence-electron chi connectivity index (χ4n) is 6.72. The van der Waals surface area contributed by atoms with E-state index in [1.807, 2.05) is 36.7 Å². The molecule has 2 heterocycles. The average molecular weight is 601 g/mol. The van der Waals surface area contributed by atoms with Crippen LogP contribution < -0.4 is 0 Å². The molecule has 4 heteroatoms. The number of rotatable bonds is 5. The van der Waals surface area contributed by atoms with Crippen molar-refractivity contribution in [2.24, 2.45) is 0 Å². The number of aromatic nitrogens is 4. The third kappa shape index (κ3) is 4.70. The van der Waals surface area contributed by atoms with E-state index in [0.29, 0.717) is 17.5 Å². The van der Waals surface area contributed by atoms with Crippen LogP contribution in [0.25, 0.3) is 88.7 Å². The summed E-state index contributed by atoms with van der Waals surface area (Å²) in [7, 11) is 0. The molecule has 0 amide bonds. The van der Waals surface area contributed by atoms with E-state index >= 15 is 0 Å². The highest BCUT2D eigenvalue weighted by Crippen LogP contribution is 2.39. The van der Waals surface area contributed by atoms with Gasteiger partial charge in [0.1, 0.15) is 0 Å². The molecule has 2 aromatic heterocycles. The Balaban J connectivity index is 1.14. The van der Waals surface area contributed by atoms with Crippen LogP contribution in [0.5, 0.6) is 0 Å². The highest BCUT2D eigenvalue weighted by atomic mass is 15.0. The first-order valence-corrected chi connectivity index (χ1v) is 15.8. The van der Waals surface area contributed by atoms with Crippen LogP contribution in [0, 0.1) is 6.92 Å². The summed E-state index contributed by atoms with van der Waals surface area (Å²) in [5.41, 5.74) is 8.61. The van der Waals surface area contributed by atoms with Crippen molar-refractivity contribution in [2.75, 3.05) is 0 Å². The van der Waals surface area contributed by atoms with Gasteiger partial charge in [-0.05, 0) is 79.2 Å². The Hall–Kier alpha value is -6.26. The second-order valence-electron chi connectivity index (χ2n) is 12.0. The number of hydrogen-bond donors (Lipinski definition) is 0. The molecular formula is C43H28N4. The summed E-state index contributed by atoms with van der Waals surface area (Å²) in [5, 5.41) is 7.72. The summed E-state index contributed by atoms with van der Waals surface area (Å²) in [6.45, 7) is 2.09. The molecule has 0 unspecified atom stereocenters. The van der Waals surface area contributed by atoms with Crippen LogP contribution in [0.4, 0.5) is 0 Å². The predicted molar refractivity (Wildman–Crippen MR) is 193 cm³/mol. The molecule has 0 aliphatic heterocycles. The Morgan fingerprint density at radius 3 is 1.57 bits per heavy atom. The molecule has 0 aliphatic rings. The molecule has 0 aliphatic carbocycles. The Kier molecular flexibility index (Phi) is 6.32. The van der Waals surface area contributed by atoms with Crippen LogP contribution in [-0.4, -0.2) is 19.9 Å². The minimum absolute atomic E-state index is 0.644. The Morgan fingerprint density at radius 1 is 0.362 bits per heavy atom. The summed E-state index contributed by atoms with van der Waals surface area (Å²) in [6.07, 6.45) is 3.62. The van der Waals surface area contributed by atoms with E-state index in [4.69, 9.17) is 15.0 Å². The summed E-state index contributed by atoms with van der Waals surface area (Å²) in [5.74, 6) is 1.95. The predicted octanol–water partition coefficient (Wildman–Crippen LogP) is 10.8. The maximum absolute atomic E-state index is 5.01. The topological polar surface area (TPSA) is 51.6 Å². The fourth-order valence-corrected chi connectivity index (χ4v) is 6.72. The zero-order chi connectivity index (χ0) is 31.3. The standard InChI is InChI=1S/C43H28N4/c1-27-5-2-3-8-36(27)43-46-41(34-15-9-28(10-16-34)29-23-25-44-26-24-29)45-42(47-43)35-17-11-30(12-18-35)37-21-19-33-14-13-31-6-4-7-32-20-22-38(37)40(33)39(31)32/h2-26H,1H3. The molecule has 220 valence electrons. The van der Waals surface area contributed by atoms with Crippen molar-refractivity contribution < 1.29 is 0 Å². The summed E-state index contributed by atoms with van der Waals surface area (Å²) in [4.78, 5) is 19.1. The van der Waals surface area contributed by atoms with Gasteiger partial charge in [-0.25, -0.2) is 15.0 Å². The van der Waals surface area contributed by atoms with Gasteiger partial charge in [0.05, 0.1) is 0 Å². The Labute approximate surface area is 272 Å². The van der Waals surface area contributed by atoms with Gasteiger partial charge in [0.25, 0.3) is 0 Å². The lowest BCUT2D eigenvalue weighted by Crippen LogP contribution is -2.01. The van der Waals surface area contributed by atoms with Crippen molar-refractivity contribution in [3.05, 3.63) is 157 Å². The molecule has 4 nitrogen and oxygen atoms in total. The lowest BCUT2D eigenvalue weighted by Gasteiger charge is -2.14. The lowest BCUT2D eigenvalue weighted by atomic mass is 9.90. The molecule has 47 heavy (non-hydrogen) atoms. The van der Waals surface area contributed by atoms with Crippen LogP contribution in [0.2, 0.25) is 0 Å². The molecule has 9 rings (SSSR count). The van der Waals surface area contributed by atoms with Crippen LogP contribution in [0.1, 0.15) is 5.56 Å². The van der Waals surface area contributed by atoms with E-state index in [2.05, 4.69) is 127 Å². The number of pyridine rings is 1. The molecule has 0 atom stereocenters. The molecule has 0 spiro atoms. The van der Waals surface area contributed by atoms with Crippen molar-refractivity contribution in [2.45, 2.75) is 6.92 Å². The van der Waals surface area contributed by atoms with Gasteiger partial charge >= 0.3 is 0 Å². The highest BCUT2D eigenvalue weighted by Gasteiger charge is 2.15. The molecular weight excluding hydrogens is 573 g/mol. The van der Waals surface area contributed by atoms with Gasteiger partial charge in [-0.1, -0.05) is 127 Å². The molecule has 0 N–H and O–H groups in total. The minimum atomic E-state index is 0.644. The van der Waals surface area contributed by atoms with Gasteiger partial charge in [0.2, 0.25) is 0 Å². The normalized spacial score (nSPS) is 11.5. The molecule has 9 aromatic rings.